The van der Waals surface area contributed by atoms with Crippen molar-refractivity contribution in [3.8, 4) is 0 Å². The number of rotatable bonds is 10. The smallest absolute Gasteiger partial charge is 0.326 e. The van der Waals surface area contributed by atoms with E-state index in [0.717, 1.165) is 25.7 Å². The van der Waals surface area contributed by atoms with Crippen LogP contribution < -0.4 is 5.32 Å². The van der Waals surface area contributed by atoms with Gasteiger partial charge >= 0.3 is 11.9 Å². The van der Waals surface area contributed by atoms with Gasteiger partial charge in [0.1, 0.15) is 11.5 Å². The van der Waals surface area contributed by atoms with Crippen molar-refractivity contribution < 1.29 is 39.9 Å². The van der Waals surface area contributed by atoms with Crippen molar-refractivity contribution in [2.75, 3.05) is 26.4 Å². The number of fused-ring (bicyclic) bond motifs is 1. The summed E-state index contributed by atoms with van der Waals surface area (Å²) < 4.78 is 11.0. The lowest BCUT2D eigenvalue weighted by Gasteiger charge is -2.34. The fourth-order valence-corrected chi connectivity index (χ4v) is 5.38. The highest BCUT2D eigenvalue weighted by molar-refractivity contribution is 7.81. The molecule has 1 heterocycles. The fourth-order valence-electron chi connectivity index (χ4n) is 5.09. The molecule has 0 aromatic carbocycles. The SMILES string of the molecule is CCOC(=O)[C@]1(COCCNC(C)C(=O)N2[C@H](C(=O)O)C[C@H]3CCCC[C@@H]32)C=CC=CC1=S.Cl.O.O. The number of carboxylic acids is 1. The van der Waals surface area contributed by atoms with Crippen LogP contribution in [0.5, 0.6) is 0 Å². The first-order valence-electron chi connectivity index (χ1n) is 11.8. The van der Waals surface area contributed by atoms with Crippen LogP contribution >= 0.6 is 24.6 Å². The largest absolute Gasteiger partial charge is 0.480 e. The molecule has 36 heavy (non-hydrogen) atoms. The van der Waals surface area contributed by atoms with E-state index in [1.54, 1.807) is 43.1 Å². The van der Waals surface area contributed by atoms with Gasteiger partial charge in [0, 0.05) is 17.5 Å². The minimum atomic E-state index is -1.12. The summed E-state index contributed by atoms with van der Waals surface area (Å²) in [6, 6.07) is -1.26. The van der Waals surface area contributed by atoms with Crippen LogP contribution in [0.1, 0.15) is 46.0 Å². The first kappa shape index (κ1) is 34.1. The lowest BCUT2D eigenvalue weighted by atomic mass is 9.82. The second-order valence-electron chi connectivity index (χ2n) is 8.95. The number of carbonyl (C=O) groups is 3. The molecule has 2 aliphatic carbocycles. The molecule has 6 N–H and O–H groups in total. The Morgan fingerprint density at radius 3 is 2.58 bits per heavy atom. The minimum Gasteiger partial charge on any atom is -0.480 e. The molecule has 12 heteroatoms. The molecule has 0 bridgehead atoms. The number of thiocarbonyl (C=S) groups is 1. The number of aliphatic carboxylic acids is 1. The summed E-state index contributed by atoms with van der Waals surface area (Å²) in [5, 5.41) is 12.8. The zero-order valence-electron chi connectivity index (χ0n) is 20.7. The summed E-state index contributed by atoms with van der Waals surface area (Å²) in [5.74, 6) is -1.27. The van der Waals surface area contributed by atoms with E-state index in [1.165, 1.54) is 0 Å². The third-order valence-electron chi connectivity index (χ3n) is 6.84. The van der Waals surface area contributed by atoms with Crippen LogP contribution in [0.2, 0.25) is 0 Å². The van der Waals surface area contributed by atoms with Crippen LogP contribution in [0.25, 0.3) is 0 Å². The zero-order chi connectivity index (χ0) is 24.0. The second-order valence-corrected chi connectivity index (χ2v) is 9.39. The van der Waals surface area contributed by atoms with Gasteiger partial charge in [-0.2, -0.15) is 0 Å². The molecule has 10 nitrogen and oxygen atoms in total. The molecular weight excluding hydrogens is 512 g/mol. The highest BCUT2D eigenvalue weighted by Gasteiger charge is 2.48. The molecule has 206 valence electrons. The number of amides is 1. The van der Waals surface area contributed by atoms with Gasteiger partial charge in [-0.25, -0.2) is 4.79 Å². The molecule has 0 aromatic rings. The Hall–Kier alpha value is -1.89. The number of carbonyl (C=O) groups excluding carboxylic acids is 2. The maximum atomic E-state index is 13.1. The van der Waals surface area contributed by atoms with Crippen LogP contribution in [-0.4, -0.2) is 88.2 Å². The van der Waals surface area contributed by atoms with Gasteiger partial charge in [0.2, 0.25) is 5.91 Å². The van der Waals surface area contributed by atoms with Gasteiger partial charge in [0.15, 0.2) is 0 Å². The number of halogens is 1. The van der Waals surface area contributed by atoms with Crippen molar-refractivity contribution in [1.82, 2.24) is 10.2 Å². The summed E-state index contributed by atoms with van der Waals surface area (Å²) in [6.07, 6.45) is 11.4. The molecule has 0 radical (unpaired) electrons. The molecule has 1 saturated heterocycles. The maximum absolute atomic E-state index is 13.1. The normalized spacial score (nSPS) is 27.1. The van der Waals surface area contributed by atoms with E-state index in [4.69, 9.17) is 21.7 Å². The number of likely N-dealkylation sites (tertiary alicyclic amines) is 1. The van der Waals surface area contributed by atoms with Gasteiger partial charge in [-0.1, -0.05) is 43.3 Å². The van der Waals surface area contributed by atoms with E-state index >= 15 is 0 Å². The quantitative estimate of drug-likeness (QED) is 0.231. The monoisotopic (exact) mass is 550 g/mol. The predicted octanol–water partition coefficient (Wildman–Crippen LogP) is 1.04. The van der Waals surface area contributed by atoms with E-state index in [0.29, 0.717) is 17.8 Å². The van der Waals surface area contributed by atoms with E-state index in [9.17, 15) is 19.5 Å². The molecule has 1 unspecified atom stereocenters. The number of esters is 1. The highest BCUT2D eigenvalue weighted by Crippen LogP contribution is 2.40. The summed E-state index contributed by atoms with van der Waals surface area (Å²) in [4.78, 5) is 39.5. The van der Waals surface area contributed by atoms with Crippen molar-refractivity contribution >= 4 is 47.3 Å². The van der Waals surface area contributed by atoms with Gasteiger partial charge in [-0.15, -0.1) is 12.4 Å². The first-order valence-corrected chi connectivity index (χ1v) is 12.2. The third kappa shape index (κ3) is 7.33. The van der Waals surface area contributed by atoms with Crippen LogP contribution in [0.3, 0.4) is 0 Å². The lowest BCUT2D eigenvalue weighted by Crippen LogP contribution is -2.53. The second kappa shape index (κ2) is 15.4. The molecule has 1 amide bonds. The Morgan fingerprint density at radius 1 is 1.25 bits per heavy atom. The number of nitrogens with zero attached hydrogens (tertiary/aromatic N) is 1. The van der Waals surface area contributed by atoms with E-state index in [-0.39, 0.29) is 61.0 Å². The molecule has 2 fully saturated rings. The third-order valence-corrected chi connectivity index (χ3v) is 7.34. The summed E-state index contributed by atoms with van der Waals surface area (Å²) in [5.41, 5.74) is -1.12. The van der Waals surface area contributed by atoms with Gasteiger partial charge in [0.25, 0.3) is 0 Å². The Bertz CT molecular complexity index is 839. The van der Waals surface area contributed by atoms with E-state index < -0.39 is 29.4 Å². The Morgan fingerprint density at radius 2 is 1.94 bits per heavy atom. The molecule has 5 atom stereocenters. The number of carboxylic acid groups (broad SMARTS) is 1. The van der Waals surface area contributed by atoms with Crippen molar-refractivity contribution in [3.05, 3.63) is 24.3 Å². The lowest BCUT2D eigenvalue weighted by molar-refractivity contribution is -0.151. The zero-order valence-corrected chi connectivity index (χ0v) is 22.4. The van der Waals surface area contributed by atoms with Gasteiger partial charge < -0.3 is 35.7 Å². The molecule has 1 aliphatic heterocycles. The number of ether oxygens (including phenoxy) is 2. The van der Waals surface area contributed by atoms with Crippen molar-refractivity contribution in [2.45, 2.75) is 64.1 Å². The number of hydrogen-bond acceptors (Lipinski definition) is 7. The van der Waals surface area contributed by atoms with Crippen LogP contribution in [0.4, 0.5) is 0 Å². The average molecular weight is 551 g/mol. The van der Waals surface area contributed by atoms with Crippen molar-refractivity contribution in [2.24, 2.45) is 11.3 Å². The van der Waals surface area contributed by atoms with Crippen LogP contribution in [0.15, 0.2) is 24.3 Å². The van der Waals surface area contributed by atoms with E-state index in [1.807, 2.05) is 0 Å². The van der Waals surface area contributed by atoms with Crippen molar-refractivity contribution in [3.63, 3.8) is 0 Å². The number of hydrogen-bond donors (Lipinski definition) is 2. The molecule has 3 aliphatic rings. The molecule has 1 saturated carbocycles. The summed E-state index contributed by atoms with van der Waals surface area (Å²) in [7, 11) is 0. The Kier molecular flexibility index (Phi) is 14.6. The number of nitrogens with one attached hydrogen (secondary N) is 1. The molecular formula is C24H39ClN2O8S. The minimum absolute atomic E-state index is 0. The van der Waals surface area contributed by atoms with Gasteiger partial charge in [-0.3, -0.25) is 9.59 Å². The first-order chi connectivity index (χ1) is 15.8. The topological polar surface area (TPSA) is 168 Å². The molecule has 0 aromatic heterocycles. The molecule has 3 rings (SSSR count). The predicted molar refractivity (Wildman–Crippen MR) is 141 cm³/mol. The average Bonchev–Trinajstić information content (AvgIpc) is 3.19. The molecule has 0 spiro atoms. The van der Waals surface area contributed by atoms with E-state index in [2.05, 4.69) is 5.32 Å². The van der Waals surface area contributed by atoms with Crippen LogP contribution in [0, 0.1) is 11.3 Å². The standard InChI is InChI=1S/C24H34N2O6S.ClH.2H2O/c1-3-32-23(30)24(11-7-6-10-20(24)33)15-31-13-12-25-16(2)21(27)26-18-9-5-4-8-17(18)14-19(26)22(28)29;;;/h6-7,10-11,16-19,25H,3-5,8-9,12-15H2,1-2H3,(H,28,29);1H;2*1H2/t16?,17-,18+,19+,24+;;;/m1.../s1. The van der Waals surface area contributed by atoms with Gasteiger partial charge in [-0.05, 0) is 45.1 Å². The van der Waals surface area contributed by atoms with Gasteiger partial charge in [0.05, 0.1) is 25.9 Å². The summed E-state index contributed by atoms with van der Waals surface area (Å²) >= 11 is 5.39. The Balaban J connectivity index is 0.00000408. The fraction of sp³-hybridized carbons (Fsp3) is 0.667. The highest BCUT2D eigenvalue weighted by atomic mass is 35.5. The maximum Gasteiger partial charge on any atom is 0.326 e. The number of allylic oxidation sites excluding steroid dienone is 3. The van der Waals surface area contributed by atoms with Crippen molar-refractivity contribution in [1.29, 1.82) is 0 Å². The summed E-state index contributed by atoms with van der Waals surface area (Å²) in [6.45, 7) is 4.42. The Labute approximate surface area is 223 Å². The van der Waals surface area contributed by atoms with Crippen LogP contribution in [-0.2, 0) is 23.9 Å².